The Bertz CT molecular complexity index is 1820. The number of nitrogens with two attached hydrogens (primary N) is 1. The molecule has 3 aromatic rings. The summed E-state index contributed by atoms with van der Waals surface area (Å²) in [5, 5.41) is 46.9. The van der Waals surface area contributed by atoms with Crippen LogP contribution >= 0.6 is 0 Å². The fraction of sp³-hybridized carbons (Fsp3) is 0.324. The molecule has 43 heavy (non-hydrogen) atoms. The number of fused-ring (bicyclic) bond motifs is 4. The molecule has 0 bridgehead atoms. The average molecular weight is 581 g/mol. The lowest BCUT2D eigenvalue weighted by atomic mass is 9.59. The monoisotopic (exact) mass is 580 g/mol. The van der Waals surface area contributed by atoms with E-state index in [1.54, 1.807) is 0 Å². The van der Waals surface area contributed by atoms with Crippen molar-refractivity contribution < 1.29 is 34.8 Å². The number of aromatic hydroxyl groups is 1. The highest BCUT2D eigenvalue weighted by atomic mass is 16.3. The van der Waals surface area contributed by atoms with E-state index in [1.165, 1.54) is 24.5 Å². The van der Waals surface area contributed by atoms with Gasteiger partial charge in [0.2, 0.25) is 5.78 Å². The maximum Gasteiger partial charge on any atom is 0.255 e. The second-order valence-electron chi connectivity index (χ2n) is 12.2. The van der Waals surface area contributed by atoms with Crippen LogP contribution in [0.15, 0.2) is 65.4 Å². The number of phenols is 1. The van der Waals surface area contributed by atoms with E-state index < -0.39 is 52.0 Å². The average Bonchev–Trinajstić information content (AvgIpc) is 3.49. The number of carbonyl (C=O) groups is 3. The molecule has 1 amide bonds. The molecule has 1 aliphatic heterocycles. The summed E-state index contributed by atoms with van der Waals surface area (Å²) < 4.78 is 0. The molecule has 0 radical (unpaired) electrons. The van der Waals surface area contributed by atoms with E-state index in [1.807, 2.05) is 18.2 Å². The lowest BCUT2D eigenvalue weighted by molar-refractivity contribution is -0.147. The lowest BCUT2D eigenvalue weighted by Crippen LogP contribution is -2.58. The quantitative estimate of drug-likeness (QED) is 0.291. The molecule has 1 saturated carbocycles. The molecule has 9 nitrogen and oxygen atoms in total. The highest BCUT2D eigenvalue weighted by molar-refractivity contribution is 6.22. The molecular weight excluding hydrogens is 548 g/mol. The zero-order chi connectivity index (χ0) is 30.2. The van der Waals surface area contributed by atoms with Crippen molar-refractivity contribution >= 4 is 34.0 Å². The normalized spacial score (nSPS) is 25.6. The number of aliphatic hydroxyl groups is 3. The van der Waals surface area contributed by atoms with E-state index in [-0.39, 0.29) is 36.1 Å². The number of benzene rings is 3. The Labute approximate surface area is 247 Å². The minimum atomic E-state index is -2.58. The summed E-state index contributed by atoms with van der Waals surface area (Å²) in [5.41, 5.74) is 5.45. The number of aliphatic hydroxyl groups excluding tert-OH is 2. The SMILES string of the molecule is NC(=O)C1=C(O)[C@@]2(O)C(=O)C3=C(O)c4c(O)ccc(-c5ccc(CN6CCCC6)c6ccccc56)c4C[C@H]3C[C@H]2CC1=O. The first-order valence-corrected chi connectivity index (χ1v) is 14.7. The van der Waals surface area contributed by atoms with E-state index in [0.717, 1.165) is 41.5 Å². The Balaban J connectivity index is 1.37. The smallest absolute Gasteiger partial charge is 0.255 e. The second kappa shape index (κ2) is 9.79. The number of phenolic OH excluding ortho intramolecular Hbond substituents is 1. The minimum Gasteiger partial charge on any atom is -0.508 e. The third kappa shape index (κ3) is 3.95. The van der Waals surface area contributed by atoms with Crippen LogP contribution in [0.1, 0.15) is 42.4 Å². The van der Waals surface area contributed by atoms with Gasteiger partial charge in [-0.3, -0.25) is 19.3 Å². The fourth-order valence-electron chi connectivity index (χ4n) is 7.79. The van der Waals surface area contributed by atoms with Gasteiger partial charge >= 0.3 is 0 Å². The topological polar surface area (TPSA) is 161 Å². The number of Topliss-reactive ketones (excluding diaryl/α,β-unsaturated/α-hetero) is 2. The summed E-state index contributed by atoms with van der Waals surface area (Å²) in [6.07, 6.45) is 2.40. The number of amides is 1. The van der Waals surface area contributed by atoms with Gasteiger partial charge in [-0.25, -0.2) is 0 Å². The summed E-state index contributed by atoms with van der Waals surface area (Å²) in [7, 11) is 0. The molecule has 3 aliphatic carbocycles. The third-order valence-electron chi connectivity index (χ3n) is 9.84. The molecule has 0 aromatic heterocycles. The third-order valence-corrected chi connectivity index (χ3v) is 9.84. The van der Waals surface area contributed by atoms with Gasteiger partial charge in [0.05, 0.1) is 5.56 Å². The Morgan fingerprint density at radius 2 is 1.63 bits per heavy atom. The lowest BCUT2D eigenvalue weighted by Gasteiger charge is -2.46. The molecule has 7 rings (SSSR count). The van der Waals surface area contributed by atoms with Crippen molar-refractivity contribution in [2.45, 2.75) is 44.2 Å². The first-order chi connectivity index (χ1) is 20.6. The molecule has 1 saturated heterocycles. The maximum absolute atomic E-state index is 13.8. The number of hydrogen-bond acceptors (Lipinski definition) is 8. The van der Waals surface area contributed by atoms with Crippen molar-refractivity contribution in [1.29, 1.82) is 0 Å². The molecule has 9 heteroatoms. The second-order valence-corrected chi connectivity index (χ2v) is 12.2. The number of primary amides is 1. The van der Waals surface area contributed by atoms with Gasteiger partial charge in [0.25, 0.3) is 5.91 Å². The van der Waals surface area contributed by atoms with E-state index >= 15 is 0 Å². The molecule has 2 fully saturated rings. The fourth-order valence-corrected chi connectivity index (χ4v) is 7.79. The van der Waals surface area contributed by atoms with Gasteiger partial charge in [0, 0.05) is 24.5 Å². The summed E-state index contributed by atoms with van der Waals surface area (Å²) in [5.74, 6) is -6.36. The Hall–Kier alpha value is -4.47. The molecule has 0 spiro atoms. The first-order valence-electron chi connectivity index (χ1n) is 14.7. The van der Waals surface area contributed by atoms with Crippen LogP contribution in [0.5, 0.6) is 5.75 Å². The standard InChI is InChI=1S/C34H32N2O7/c35-33(42)29-26(38)15-19-13-18-14-24-23(9-10-25(37)28(24)30(39)27(18)31(40)34(19,43)32(29)41)22-8-7-17(16-36-11-3-4-12-36)20-5-1-2-6-21(20)22/h1-2,5-10,18-19,37,39,41,43H,3-4,11-16H2,(H2,35,42)/t18-,19+,34+/m1/s1. The minimum absolute atomic E-state index is 0.0908. The van der Waals surface area contributed by atoms with Crippen molar-refractivity contribution in [3.63, 3.8) is 0 Å². The first kappa shape index (κ1) is 27.4. The Morgan fingerprint density at radius 1 is 0.930 bits per heavy atom. The van der Waals surface area contributed by atoms with Crippen LogP contribution in [0.2, 0.25) is 0 Å². The van der Waals surface area contributed by atoms with Crippen LogP contribution in [-0.2, 0) is 27.3 Å². The molecule has 3 atom stereocenters. The Morgan fingerprint density at radius 3 is 2.35 bits per heavy atom. The molecule has 6 N–H and O–H groups in total. The molecule has 0 unspecified atom stereocenters. The van der Waals surface area contributed by atoms with Crippen molar-refractivity contribution in [3.05, 3.63) is 82.1 Å². The van der Waals surface area contributed by atoms with Gasteiger partial charge in [0.1, 0.15) is 22.8 Å². The van der Waals surface area contributed by atoms with Crippen molar-refractivity contribution in [2.75, 3.05) is 13.1 Å². The molecule has 220 valence electrons. The zero-order valence-electron chi connectivity index (χ0n) is 23.5. The highest BCUT2D eigenvalue weighted by Crippen LogP contribution is 2.53. The number of ketones is 2. The molecule has 1 heterocycles. The van der Waals surface area contributed by atoms with Crippen LogP contribution in [-0.4, -0.2) is 61.5 Å². The van der Waals surface area contributed by atoms with E-state index in [0.29, 0.717) is 5.56 Å². The van der Waals surface area contributed by atoms with Gasteiger partial charge in [-0.1, -0.05) is 42.5 Å². The maximum atomic E-state index is 13.8. The van der Waals surface area contributed by atoms with Crippen LogP contribution in [0.4, 0.5) is 0 Å². The van der Waals surface area contributed by atoms with Gasteiger partial charge < -0.3 is 26.2 Å². The predicted octanol–water partition coefficient (Wildman–Crippen LogP) is 3.84. The largest absolute Gasteiger partial charge is 0.508 e. The summed E-state index contributed by atoms with van der Waals surface area (Å²) in [6, 6.07) is 15.6. The van der Waals surface area contributed by atoms with Crippen molar-refractivity contribution in [3.8, 4) is 16.9 Å². The van der Waals surface area contributed by atoms with Crippen molar-refractivity contribution in [1.82, 2.24) is 4.90 Å². The van der Waals surface area contributed by atoms with Gasteiger partial charge in [0.15, 0.2) is 11.4 Å². The predicted molar refractivity (Wildman–Crippen MR) is 159 cm³/mol. The molecule has 4 aliphatic rings. The van der Waals surface area contributed by atoms with E-state index in [2.05, 4.69) is 29.2 Å². The van der Waals surface area contributed by atoms with Crippen LogP contribution in [0, 0.1) is 11.8 Å². The highest BCUT2D eigenvalue weighted by Gasteiger charge is 2.60. The number of nitrogens with zero attached hydrogens (tertiary/aromatic N) is 1. The summed E-state index contributed by atoms with van der Waals surface area (Å²) >= 11 is 0. The summed E-state index contributed by atoms with van der Waals surface area (Å²) in [4.78, 5) is 40.8. The van der Waals surface area contributed by atoms with E-state index in [9.17, 15) is 34.8 Å². The van der Waals surface area contributed by atoms with Gasteiger partial charge in [-0.2, -0.15) is 0 Å². The van der Waals surface area contributed by atoms with Crippen molar-refractivity contribution in [2.24, 2.45) is 17.6 Å². The molecule has 3 aromatic carbocycles. The van der Waals surface area contributed by atoms with Gasteiger partial charge in [-0.05, 0) is 83.8 Å². The van der Waals surface area contributed by atoms with Crippen LogP contribution < -0.4 is 5.73 Å². The number of hydrogen-bond donors (Lipinski definition) is 5. The Kier molecular flexibility index (Phi) is 6.23. The van der Waals surface area contributed by atoms with E-state index in [4.69, 9.17) is 5.73 Å². The number of likely N-dealkylation sites (tertiary alicyclic amines) is 1. The number of carbonyl (C=O) groups excluding carboxylic acids is 3. The van der Waals surface area contributed by atoms with Crippen LogP contribution in [0.25, 0.3) is 27.7 Å². The van der Waals surface area contributed by atoms with Crippen LogP contribution in [0.3, 0.4) is 0 Å². The number of rotatable bonds is 4. The van der Waals surface area contributed by atoms with Gasteiger partial charge in [-0.15, -0.1) is 0 Å². The zero-order valence-corrected chi connectivity index (χ0v) is 23.5. The molecular formula is C34H32N2O7. The summed E-state index contributed by atoms with van der Waals surface area (Å²) in [6.45, 7) is 3.01.